The summed E-state index contributed by atoms with van der Waals surface area (Å²) < 4.78 is 10.4. The average Bonchev–Trinajstić information content (AvgIpc) is 3.26. The van der Waals surface area contributed by atoms with Crippen LogP contribution in [0.4, 0.5) is 10.9 Å². The molecule has 3 N–H and O–H groups in total. The minimum Gasteiger partial charge on any atom is -0.452 e. The predicted molar refractivity (Wildman–Crippen MR) is 105 cm³/mol. The van der Waals surface area contributed by atoms with Crippen LogP contribution in [0.25, 0.3) is 0 Å². The summed E-state index contributed by atoms with van der Waals surface area (Å²) in [6, 6.07) is 5.57. The minimum atomic E-state index is -0.716. The van der Waals surface area contributed by atoms with Gasteiger partial charge in [0.2, 0.25) is 5.13 Å². The summed E-state index contributed by atoms with van der Waals surface area (Å²) in [7, 11) is 0. The van der Waals surface area contributed by atoms with Crippen molar-refractivity contribution in [3.05, 3.63) is 47.7 Å². The summed E-state index contributed by atoms with van der Waals surface area (Å²) in [5.41, 5.74) is 1.75. The van der Waals surface area contributed by atoms with E-state index in [0.29, 0.717) is 41.1 Å². The zero-order chi connectivity index (χ0) is 19.7. The zero-order valence-electron chi connectivity index (χ0n) is 15.5. The zero-order valence-corrected chi connectivity index (χ0v) is 16.3. The summed E-state index contributed by atoms with van der Waals surface area (Å²) in [4.78, 5) is 13.2. The van der Waals surface area contributed by atoms with Crippen molar-refractivity contribution in [2.24, 2.45) is 0 Å². The van der Waals surface area contributed by atoms with Crippen LogP contribution < -0.4 is 10.1 Å². The number of nitrogens with zero attached hydrogens (tertiary/aromatic N) is 4. The Hall–Kier alpha value is -2.62. The van der Waals surface area contributed by atoms with Crippen molar-refractivity contribution in [1.29, 1.82) is 0 Å². The fourth-order valence-corrected chi connectivity index (χ4v) is 3.81. The van der Waals surface area contributed by atoms with Crippen LogP contribution in [-0.4, -0.2) is 41.7 Å². The second-order valence-electron chi connectivity index (χ2n) is 6.93. The molecule has 0 bridgehead atoms. The van der Waals surface area contributed by atoms with E-state index in [9.17, 15) is 10.2 Å². The molecule has 1 saturated carbocycles. The minimum absolute atomic E-state index is 0.0449. The smallest absolute Gasteiger partial charge is 0.208 e. The lowest BCUT2D eigenvalue weighted by Crippen LogP contribution is -2.17. The number of aliphatic hydroxyl groups is 2. The molecule has 3 aromatic rings. The highest BCUT2D eigenvalue weighted by atomic mass is 32.1. The third kappa shape index (κ3) is 3.96. The van der Waals surface area contributed by atoms with Gasteiger partial charge < -0.3 is 20.3 Å². The Morgan fingerprint density at radius 2 is 1.93 bits per heavy atom. The van der Waals surface area contributed by atoms with Crippen molar-refractivity contribution in [1.82, 2.24) is 19.3 Å². The van der Waals surface area contributed by atoms with Gasteiger partial charge in [0.25, 0.3) is 0 Å². The van der Waals surface area contributed by atoms with Crippen LogP contribution in [0, 0.1) is 13.8 Å². The molecular weight excluding hydrogens is 378 g/mol. The summed E-state index contributed by atoms with van der Waals surface area (Å²) in [6.45, 7) is 3.83. The van der Waals surface area contributed by atoms with Gasteiger partial charge in [-0.2, -0.15) is 4.37 Å². The summed E-state index contributed by atoms with van der Waals surface area (Å²) >= 11 is 1.21. The Morgan fingerprint density at radius 1 is 1.14 bits per heavy atom. The summed E-state index contributed by atoms with van der Waals surface area (Å²) in [5.74, 6) is 2.34. The second kappa shape index (κ2) is 7.78. The predicted octanol–water partition coefficient (Wildman–Crippen LogP) is 3.08. The molecule has 0 aromatic carbocycles. The molecule has 8 nitrogen and oxygen atoms in total. The molecule has 0 saturated heterocycles. The van der Waals surface area contributed by atoms with Crippen LogP contribution in [0.2, 0.25) is 0 Å². The van der Waals surface area contributed by atoms with Crippen LogP contribution >= 0.6 is 11.5 Å². The molecule has 0 spiro atoms. The highest BCUT2D eigenvalue weighted by Gasteiger charge is 2.34. The maximum Gasteiger partial charge on any atom is 0.208 e. The number of aliphatic hydroxyl groups excluding tert-OH is 2. The van der Waals surface area contributed by atoms with E-state index in [0.717, 1.165) is 11.3 Å². The average molecular weight is 399 g/mol. The first-order valence-corrected chi connectivity index (χ1v) is 9.80. The Labute approximate surface area is 166 Å². The number of nitrogens with one attached hydrogen (secondary N) is 1. The molecule has 1 aliphatic rings. The Bertz CT molecular complexity index is 970. The molecule has 146 valence electrons. The van der Waals surface area contributed by atoms with Gasteiger partial charge in [-0.1, -0.05) is 0 Å². The Kier molecular flexibility index (Phi) is 5.21. The topological polar surface area (TPSA) is 113 Å². The van der Waals surface area contributed by atoms with Crippen molar-refractivity contribution in [3.8, 4) is 11.5 Å². The molecule has 0 aliphatic heterocycles. The number of anilines is 2. The molecular formula is C19H21N5O3S. The number of rotatable bonds is 5. The van der Waals surface area contributed by atoms with Crippen molar-refractivity contribution in [2.75, 3.05) is 5.32 Å². The summed E-state index contributed by atoms with van der Waals surface area (Å²) in [5, 5.41) is 23.2. The van der Waals surface area contributed by atoms with Crippen LogP contribution in [0.3, 0.4) is 0 Å². The van der Waals surface area contributed by atoms with Crippen LogP contribution in [0.15, 0.2) is 30.6 Å². The van der Waals surface area contributed by atoms with Crippen LogP contribution in [0.5, 0.6) is 11.5 Å². The first kappa shape index (κ1) is 18.7. The number of aromatic nitrogens is 4. The van der Waals surface area contributed by atoms with Gasteiger partial charge in [-0.15, -0.1) is 0 Å². The Balaban J connectivity index is 1.55. The van der Waals surface area contributed by atoms with E-state index in [2.05, 4.69) is 24.6 Å². The van der Waals surface area contributed by atoms with Gasteiger partial charge in [0, 0.05) is 29.8 Å². The lowest BCUT2D eigenvalue weighted by Gasteiger charge is -2.12. The molecule has 3 aromatic heterocycles. The third-order valence-corrected chi connectivity index (χ3v) is 5.34. The fourth-order valence-electron chi connectivity index (χ4n) is 3.17. The Morgan fingerprint density at radius 3 is 2.68 bits per heavy atom. The van der Waals surface area contributed by atoms with Gasteiger partial charge in [0.05, 0.1) is 17.9 Å². The first-order chi connectivity index (χ1) is 13.5. The molecule has 3 heterocycles. The molecule has 4 rings (SSSR count). The van der Waals surface area contributed by atoms with Crippen molar-refractivity contribution in [2.45, 2.75) is 44.8 Å². The van der Waals surface area contributed by atoms with E-state index in [4.69, 9.17) is 4.74 Å². The van der Waals surface area contributed by atoms with Gasteiger partial charge in [-0.05, 0) is 50.5 Å². The number of hydrogen-bond donors (Lipinski definition) is 3. The largest absolute Gasteiger partial charge is 0.452 e. The number of ether oxygens (including phenoxy) is 1. The quantitative estimate of drug-likeness (QED) is 0.600. The summed E-state index contributed by atoms with van der Waals surface area (Å²) in [6.07, 6.45) is 2.97. The fraction of sp³-hybridized carbons (Fsp3) is 0.368. The lowest BCUT2D eigenvalue weighted by molar-refractivity contribution is 0.0438. The standard InChI is InChI=1S/C19H21N5O3S/c1-10-6-16(27-15-4-3-5-20-11(15)2)18(21-9-10)23-19-22-17(24-28-19)12-7-13(25)14(26)8-12/h3-6,9,12-14,25-26H,7-8H2,1-2H3,(H,21,22,23,24). The van der Waals surface area contributed by atoms with E-state index in [-0.39, 0.29) is 5.92 Å². The highest BCUT2D eigenvalue weighted by Crippen LogP contribution is 2.36. The highest BCUT2D eigenvalue weighted by molar-refractivity contribution is 7.09. The van der Waals surface area contributed by atoms with Crippen molar-refractivity contribution < 1.29 is 14.9 Å². The van der Waals surface area contributed by atoms with Crippen molar-refractivity contribution >= 4 is 22.5 Å². The molecule has 2 atom stereocenters. The van der Waals surface area contributed by atoms with E-state index in [1.807, 2.05) is 32.0 Å². The maximum absolute atomic E-state index is 9.75. The molecule has 1 aliphatic carbocycles. The van der Waals surface area contributed by atoms with Gasteiger partial charge in [0.15, 0.2) is 11.6 Å². The molecule has 2 unspecified atom stereocenters. The van der Waals surface area contributed by atoms with E-state index >= 15 is 0 Å². The van der Waals surface area contributed by atoms with E-state index < -0.39 is 12.2 Å². The number of pyridine rings is 2. The van der Waals surface area contributed by atoms with Gasteiger partial charge in [-0.3, -0.25) is 4.98 Å². The number of hydrogen-bond acceptors (Lipinski definition) is 9. The van der Waals surface area contributed by atoms with Crippen molar-refractivity contribution in [3.63, 3.8) is 0 Å². The third-order valence-electron chi connectivity index (χ3n) is 4.70. The molecule has 0 radical (unpaired) electrons. The van der Waals surface area contributed by atoms with Gasteiger partial charge in [-0.25, -0.2) is 9.97 Å². The molecule has 9 heteroatoms. The van der Waals surface area contributed by atoms with Gasteiger partial charge >= 0.3 is 0 Å². The monoisotopic (exact) mass is 399 g/mol. The molecule has 1 fully saturated rings. The maximum atomic E-state index is 9.75. The van der Waals surface area contributed by atoms with E-state index in [1.165, 1.54) is 11.5 Å². The van der Waals surface area contributed by atoms with E-state index in [1.54, 1.807) is 12.4 Å². The molecule has 0 amide bonds. The normalized spacial score (nSPS) is 21.6. The second-order valence-corrected chi connectivity index (χ2v) is 7.69. The SMILES string of the molecule is Cc1cnc(Nc2nc(C3CC(O)C(O)C3)ns2)c(Oc2cccnc2C)c1. The molecule has 28 heavy (non-hydrogen) atoms. The van der Waals surface area contributed by atoms with Crippen LogP contribution in [0.1, 0.15) is 35.8 Å². The number of aryl methyl sites for hydroxylation is 2. The van der Waals surface area contributed by atoms with Crippen LogP contribution in [-0.2, 0) is 0 Å². The first-order valence-electron chi connectivity index (χ1n) is 9.02. The lowest BCUT2D eigenvalue weighted by atomic mass is 10.1. The van der Waals surface area contributed by atoms with Gasteiger partial charge in [0.1, 0.15) is 11.6 Å².